The first-order chi connectivity index (χ1) is 18.3. The third-order valence-electron chi connectivity index (χ3n) is 6.27. The zero-order chi connectivity index (χ0) is 28.1. The molecule has 0 aliphatic carbocycles. The Morgan fingerprint density at radius 3 is 2.59 bits per heavy atom. The number of nitrogens with two attached hydrogens (primary N) is 1. The van der Waals surface area contributed by atoms with Crippen molar-refractivity contribution in [2.24, 2.45) is 5.73 Å². The predicted octanol–water partition coefficient (Wildman–Crippen LogP) is 2.94. The summed E-state index contributed by atoms with van der Waals surface area (Å²) in [5.41, 5.74) is 6.00. The summed E-state index contributed by atoms with van der Waals surface area (Å²) in [6, 6.07) is 6.54. The molecule has 2 aliphatic rings. The normalized spacial score (nSPS) is 21.5. The standard InChI is InChI=1S/C23H20ClF4N5O5S/c24-13-3-1-12(2-4-13)9-33-17-7-14(15(25)8-18(17)39(35,36)11-16(29)21(33)34)20-30-22(38-31-20)32-5-6-37-19(10-32)23(26,27)28/h1-4,7-8,16,19H,5-6,9-11,29H2/t16-,19?/m0/s1. The number of morpholine rings is 1. The molecule has 5 rings (SSSR count). The van der Waals surface area contributed by atoms with Crippen LogP contribution in [0.3, 0.4) is 0 Å². The summed E-state index contributed by atoms with van der Waals surface area (Å²) < 4.78 is 90.5. The molecule has 3 heterocycles. The number of alkyl halides is 3. The van der Waals surface area contributed by atoms with Gasteiger partial charge >= 0.3 is 12.2 Å². The van der Waals surface area contributed by atoms with Gasteiger partial charge in [-0.25, -0.2) is 12.8 Å². The lowest BCUT2D eigenvalue weighted by Gasteiger charge is -2.32. The average molecular weight is 590 g/mol. The van der Waals surface area contributed by atoms with Crippen LogP contribution in [-0.4, -0.2) is 68.2 Å². The van der Waals surface area contributed by atoms with Crippen molar-refractivity contribution in [1.82, 2.24) is 10.1 Å². The molecule has 1 unspecified atom stereocenters. The number of carbonyl (C=O) groups is 1. The number of carbonyl (C=O) groups excluding carboxylic acids is 1. The molecule has 0 bridgehead atoms. The maximum absolute atomic E-state index is 15.3. The van der Waals surface area contributed by atoms with Gasteiger partial charge in [-0.3, -0.25) is 4.79 Å². The Morgan fingerprint density at radius 2 is 1.90 bits per heavy atom. The second-order valence-electron chi connectivity index (χ2n) is 8.99. The van der Waals surface area contributed by atoms with Crippen LogP contribution in [0.15, 0.2) is 45.8 Å². The number of anilines is 2. The van der Waals surface area contributed by atoms with Crippen LogP contribution < -0.4 is 15.5 Å². The number of hydrogen-bond donors (Lipinski definition) is 1. The molecule has 0 saturated carbocycles. The summed E-state index contributed by atoms with van der Waals surface area (Å²) in [5.74, 6) is -2.86. The number of benzene rings is 2. The number of ether oxygens (including phenoxy) is 1. The van der Waals surface area contributed by atoms with Crippen molar-refractivity contribution in [3.05, 3.63) is 52.8 Å². The van der Waals surface area contributed by atoms with E-state index in [1.807, 2.05) is 0 Å². The summed E-state index contributed by atoms with van der Waals surface area (Å²) in [4.78, 5) is 19.0. The number of nitrogens with zero attached hydrogens (tertiary/aromatic N) is 4. The Kier molecular flexibility index (Phi) is 7.03. The first-order valence-electron chi connectivity index (χ1n) is 11.5. The van der Waals surface area contributed by atoms with Crippen molar-refractivity contribution >= 4 is 39.0 Å². The van der Waals surface area contributed by atoms with Crippen LogP contribution in [0.4, 0.5) is 29.3 Å². The van der Waals surface area contributed by atoms with Gasteiger partial charge in [-0.15, -0.1) is 0 Å². The van der Waals surface area contributed by atoms with Crippen molar-refractivity contribution in [2.45, 2.75) is 29.8 Å². The van der Waals surface area contributed by atoms with E-state index in [2.05, 4.69) is 10.1 Å². The molecule has 39 heavy (non-hydrogen) atoms. The number of halogens is 5. The molecule has 1 fully saturated rings. The molecule has 208 valence electrons. The lowest BCUT2D eigenvalue weighted by atomic mass is 10.1. The van der Waals surface area contributed by atoms with Crippen molar-refractivity contribution in [2.75, 3.05) is 35.2 Å². The molecular formula is C23H20ClF4N5O5S. The van der Waals surface area contributed by atoms with Crippen molar-refractivity contribution in [3.8, 4) is 11.4 Å². The van der Waals surface area contributed by atoms with Crippen LogP contribution in [0, 0.1) is 5.82 Å². The van der Waals surface area contributed by atoms with E-state index < -0.39 is 57.1 Å². The minimum Gasteiger partial charge on any atom is -0.365 e. The molecule has 2 aliphatic heterocycles. The first-order valence-corrected chi connectivity index (χ1v) is 13.5. The highest BCUT2D eigenvalue weighted by Gasteiger charge is 2.44. The van der Waals surface area contributed by atoms with Crippen molar-refractivity contribution < 1.29 is 40.0 Å². The fourth-order valence-electron chi connectivity index (χ4n) is 4.30. The number of hydrogen-bond acceptors (Lipinski definition) is 9. The lowest BCUT2D eigenvalue weighted by Crippen LogP contribution is -2.49. The zero-order valence-corrected chi connectivity index (χ0v) is 21.4. The Bertz CT molecular complexity index is 1520. The van der Waals surface area contributed by atoms with Crippen LogP contribution in [0.2, 0.25) is 5.02 Å². The number of rotatable bonds is 4. The highest BCUT2D eigenvalue weighted by molar-refractivity contribution is 7.91. The topological polar surface area (TPSA) is 132 Å². The monoisotopic (exact) mass is 589 g/mol. The maximum atomic E-state index is 15.3. The summed E-state index contributed by atoms with van der Waals surface area (Å²) in [6.45, 7) is -0.964. The number of sulfone groups is 1. The van der Waals surface area contributed by atoms with E-state index in [0.717, 1.165) is 21.9 Å². The number of aromatic nitrogens is 2. The predicted molar refractivity (Wildman–Crippen MR) is 130 cm³/mol. The molecule has 0 radical (unpaired) electrons. The van der Waals surface area contributed by atoms with Crippen LogP contribution in [0.25, 0.3) is 11.4 Å². The van der Waals surface area contributed by atoms with Crippen molar-refractivity contribution in [1.29, 1.82) is 0 Å². The smallest absolute Gasteiger partial charge is 0.365 e. The fourth-order valence-corrected chi connectivity index (χ4v) is 5.99. The maximum Gasteiger partial charge on any atom is 0.416 e. The van der Waals surface area contributed by atoms with Gasteiger partial charge in [-0.1, -0.05) is 28.9 Å². The van der Waals surface area contributed by atoms with Gasteiger partial charge in [-0.05, 0) is 29.8 Å². The van der Waals surface area contributed by atoms with Crippen LogP contribution in [0.5, 0.6) is 0 Å². The third-order valence-corrected chi connectivity index (χ3v) is 8.32. The molecule has 0 spiro atoms. The number of amides is 1. The molecule has 10 nitrogen and oxygen atoms in total. The average Bonchev–Trinajstić information content (AvgIpc) is 3.35. The van der Waals surface area contributed by atoms with Crippen LogP contribution in [0.1, 0.15) is 5.56 Å². The SMILES string of the molecule is N[C@H]1CS(=O)(=O)c2cc(F)c(-c3noc(N4CCOC(C(F)(F)F)C4)n3)cc2N(Cc2ccc(Cl)cc2)C1=O. The molecule has 2 atom stereocenters. The van der Waals surface area contributed by atoms with E-state index in [0.29, 0.717) is 10.6 Å². The van der Waals surface area contributed by atoms with Gasteiger partial charge < -0.3 is 24.8 Å². The molecule has 1 amide bonds. The molecule has 2 aromatic carbocycles. The van der Waals surface area contributed by atoms with E-state index in [1.54, 1.807) is 24.3 Å². The third kappa shape index (κ3) is 5.44. The van der Waals surface area contributed by atoms with E-state index in [4.69, 9.17) is 26.6 Å². The molecule has 1 saturated heterocycles. The molecule has 16 heteroatoms. The Hall–Kier alpha value is -3.27. The van der Waals surface area contributed by atoms with Gasteiger partial charge in [0.05, 0.1) is 47.6 Å². The zero-order valence-electron chi connectivity index (χ0n) is 19.9. The second-order valence-corrected chi connectivity index (χ2v) is 11.4. The van der Waals surface area contributed by atoms with E-state index in [-0.39, 0.29) is 42.8 Å². The van der Waals surface area contributed by atoms with E-state index >= 15 is 4.39 Å². The molecule has 2 N–H and O–H groups in total. The Labute approximate surface area is 224 Å². The summed E-state index contributed by atoms with van der Waals surface area (Å²) in [6.07, 6.45) is -6.69. The minimum atomic E-state index is -4.61. The van der Waals surface area contributed by atoms with Gasteiger partial charge in [0.25, 0.3) is 0 Å². The molecule has 1 aromatic heterocycles. The number of fused-ring (bicyclic) bond motifs is 1. The lowest BCUT2D eigenvalue weighted by molar-refractivity contribution is -0.221. The Morgan fingerprint density at radius 1 is 1.18 bits per heavy atom. The minimum absolute atomic E-state index is 0.0143. The highest BCUT2D eigenvalue weighted by Crippen LogP contribution is 2.37. The van der Waals surface area contributed by atoms with E-state index in [9.17, 15) is 26.4 Å². The summed E-state index contributed by atoms with van der Waals surface area (Å²) >= 11 is 5.93. The van der Waals surface area contributed by atoms with Gasteiger partial charge in [0, 0.05) is 11.6 Å². The quantitative estimate of drug-likeness (QED) is 0.456. The van der Waals surface area contributed by atoms with Gasteiger partial charge in [0.15, 0.2) is 15.9 Å². The highest BCUT2D eigenvalue weighted by atomic mass is 35.5. The van der Waals surface area contributed by atoms with Gasteiger partial charge in [0.2, 0.25) is 11.7 Å². The largest absolute Gasteiger partial charge is 0.416 e. The van der Waals surface area contributed by atoms with Crippen LogP contribution >= 0.6 is 11.6 Å². The van der Waals surface area contributed by atoms with Gasteiger partial charge in [0.1, 0.15) is 5.82 Å². The molecular weight excluding hydrogens is 570 g/mol. The van der Waals surface area contributed by atoms with Crippen molar-refractivity contribution in [3.63, 3.8) is 0 Å². The van der Waals surface area contributed by atoms with E-state index in [1.165, 1.54) is 0 Å². The molecule has 3 aromatic rings. The second kappa shape index (κ2) is 10.0. The van der Waals surface area contributed by atoms with Crippen LogP contribution in [-0.2, 0) is 25.9 Å². The fraction of sp³-hybridized carbons (Fsp3) is 0.348. The Balaban J connectivity index is 1.55. The first kappa shape index (κ1) is 27.3. The summed E-state index contributed by atoms with van der Waals surface area (Å²) in [5, 5.41) is 4.13. The summed E-state index contributed by atoms with van der Waals surface area (Å²) in [7, 11) is -4.19. The van der Waals surface area contributed by atoms with Gasteiger partial charge in [-0.2, -0.15) is 18.2 Å².